The number of nitrogens with one attached hydrogen (secondary N) is 2. The molecule has 2 aromatic carbocycles. The first-order valence-electron chi connectivity index (χ1n) is 8.30. The average molecular weight is 358 g/mol. The van der Waals surface area contributed by atoms with Crippen LogP contribution in [0.4, 0.5) is 10.5 Å². The molecule has 2 aromatic rings. The first kappa shape index (κ1) is 19.1. The third-order valence-corrected chi connectivity index (χ3v) is 3.26. The maximum Gasteiger partial charge on any atom is 0.338 e. The number of para-hydroxylation sites is 2. The van der Waals surface area contributed by atoms with Crippen LogP contribution < -0.4 is 20.1 Å². The van der Waals surface area contributed by atoms with Gasteiger partial charge < -0.3 is 24.8 Å². The summed E-state index contributed by atoms with van der Waals surface area (Å²) in [5.74, 6) is 0.769. The minimum absolute atomic E-state index is 0.0170. The van der Waals surface area contributed by atoms with Crippen LogP contribution in [-0.2, 0) is 4.74 Å². The Morgan fingerprint density at radius 2 is 1.54 bits per heavy atom. The van der Waals surface area contributed by atoms with Crippen LogP contribution in [0.3, 0.4) is 0 Å². The summed E-state index contributed by atoms with van der Waals surface area (Å²) < 4.78 is 15.9. The molecule has 26 heavy (non-hydrogen) atoms. The number of esters is 1. The zero-order valence-corrected chi connectivity index (χ0v) is 14.8. The SMILES string of the molecule is CCOC(=O)c1ccc(NC(=O)NCOc2ccccc2OCC)cc1. The lowest BCUT2D eigenvalue weighted by Crippen LogP contribution is -2.32. The molecule has 2 rings (SSSR count). The van der Waals surface area contributed by atoms with E-state index in [0.717, 1.165) is 0 Å². The van der Waals surface area contributed by atoms with Crippen LogP contribution >= 0.6 is 0 Å². The molecule has 0 fully saturated rings. The highest BCUT2D eigenvalue weighted by Crippen LogP contribution is 2.25. The van der Waals surface area contributed by atoms with Crippen molar-refractivity contribution in [1.82, 2.24) is 5.32 Å². The summed E-state index contributed by atoms with van der Waals surface area (Å²) in [5, 5.41) is 5.24. The number of rotatable bonds is 8. The molecular weight excluding hydrogens is 336 g/mol. The van der Waals surface area contributed by atoms with Crippen LogP contribution in [0.15, 0.2) is 48.5 Å². The van der Waals surface area contributed by atoms with Gasteiger partial charge >= 0.3 is 12.0 Å². The fourth-order valence-corrected chi connectivity index (χ4v) is 2.10. The van der Waals surface area contributed by atoms with Crippen LogP contribution in [-0.4, -0.2) is 31.9 Å². The van der Waals surface area contributed by atoms with E-state index < -0.39 is 12.0 Å². The second-order valence-electron chi connectivity index (χ2n) is 5.10. The van der Waals surface area contributed by atoms with Gasteiger partial charge in [0.1, 0.15) is 0 Å². The zero-order chi connectivity index (χ0) is 18.8. The number of carbonyl (C=O) groups excluding carboxylic acids is 2. The molecule has 0 saturated carbocycles. The largest absolute Gasteiger partial charge is 0.490 e. The molecule has 0 spiro atoms. The Balaban J connectivity index is 1.81. The molecule has 0 aliphatic rings. The molecule has 0 radical (unpaired) electrons. The first-order chi connectivity index (χ1) is 12.6. The predicted octanol–water partition coefficient (Wildman–Crippen LogP) is 3.42. The highest BCUT2D eigenvalue weighted by molar-refractivity contribution is 5.92. The lowest BCUT2D eigenvalue weighted by Gasteiger charge is -2.12. The smallest absolute Gasteiger partial charge is 0.338 e. The molecular formula is C19H22N2O5. The van der Waals surface area contributed by atoms with Crippen molar-refractivity contribution < 1.29 is 23.8 Å². The summed E-state index contributed by atoms with van der Waals surface area (Å²) in [5.41, 5.74) is 0.971. The van der Waals surface area contributed by atoms with Gasteiger partial charge in [-0.25, -0.2) is 9.59 Å². The Kier molecular flexibility index (Phi) is 7.30. The maximum atomic E-state index is 11.9. The molecule has 7 nitrogen and oxygen atoms in total. The quantitative estimate of drug-likeness (QED) is 0.558. The van der Waals surface area contributed by atoms with Gasteiger partial charge in [-0.3, -0.25) is 0 Å². The van der Waals surface area contributed by atoms with E-state index in [2.05, 4.69) is 10.6 Å². The molecule has 0 aromatic heterocycles. The van der Waals surface area contributed by atoms with Gasteiger partial charge in [-0.05, 0) is 50.2 Å². The minimum Gasteiger partial charge on any atom is -0.490 e. The molecule has 0 unspecified atom stereocenters. The highest BCUT2D eigenvalue weighted by atomic mass is 16.5. The second-order valence-corrected chi connectivity index (χ2v) is 5.10. The van der Waals surface area contributed by atoms with Gasteiger partial charge in [0.2, 0.25) is 0 Å². The number of benzene rings is 2. The Morgan fingerprint density at radius 1 is 0.885 bits per heavy atom. The first-order valence-corrected chi connectivity index (χ1v) is 8.30. The molecule has 0 bridgehead atoms. The van der Waals surface area contributed by atoms with Gasteiger partial charge in [-0.1, -0.05) is 12.1 Å². The maximum absolute atomic E-state index is 11.9. The van der Waals surface area contributed by atoms with E-state index in [1.807, 2.05) is 19.1 Å². The summed E-state index contributed by atoms with van der Waals surface area (Å²) in [7, 11) is 0. The standard InChI is InChI=1S/C19H22N2O5/c1-3-24-16-7-5-6-8-17(16)26-13-20-19(23)21-15-11-9-14(10-12-15)18(22)25-4-2/h5-12H,3-4,13H2,1-2H3,(H2,20,21,23). The van der Waals surface area contributed by atoms with Crippen LogP contribution in [0.25, 0.3) is 0 Å². The van der Waals surface area contributed by atoms with Crippen molar-refractivity contribution in [3.05, 3.63) is 54.1 Å². The molecule has 0 heterocycles. The second kappa shape index (κ2) is 9.93. The predicted molar refractivity (Wildman–Crippen MR) is 97.7 cm³/mol. The molecule has 2 amide bonds. The number of hydrogen-bond acceptors (Lipinski definition) is 5. The normalized spacial score (nSPS) is 9.92. The van der Waals surface area contributed by atoms with E-state index in [4.69, 9.17) is 14.2 Å². The topological polar surface area (TPSA) is 85.9 Å². The van der Waals surface area contributed by atoms with Crippen molar-refractivity contribution in [2.75, 3.05) is 25.3 Å². The summed E-state index contributed by atoms with van der Waals surface area (Å²) in [6.45, 7) is 4.45. The number of carbonyl (C=O) groups is 2. The van der Waals surface area contributed by atoms with Crippen LogP contribution in [0.2, 0.25) is 0 Å². The number of amides is 2. The molecule has 0 aliphatic heterocycles. The van der Waals surface area contributed by atoms with Crippen molar-refractivity contribution in [2.24, 2.45) is 0 Å². The average Bonchev–Trinajstić information content (AvgIpc) is 2.64. The lowest BCUT2D eigenvalue weighted by atomic mass is 10.2. The third-order valence-electron chi connectivity index (χ3n) is 3.26. The molecule has 7 heteroatoms. The summed E-state index contributed by atoms with van der Waals surface area (Å²) in [4.78, 5) is 23.5. The molecule has 0 aliphatic carbocycles. The minimum atomic E-state index is -0.428. The molecule has 0 atom stereocenters. The van der Waals surface area contributed by atoms with Crippen LogP contribution in [0, 0.1) is 0 Å². The summed E-state index contributed by atoms with van der Waals surface area (Å²) >= 11 is 0. The number of anilines is 1. The van der Waals surface area contributed by atoms with Gasteiger partial charge in [0.05, 0.1) is 18.8 Å². The van der Waals surface area contributed by atoms with Crippen molar-refractivity contribution in [2.45, 2.75) is 13.8 Å². The van der Waals surface area contributed by atoms with Gasteiger partial charge in [-0.2, -0.15) is 0 Å². The van der Waals surface area contributed by atoms with Gasteiger partial charge in [0.15, 0.2) is 18.2 Å². The van der Waals surface area contributed by atoms with Crippen molar-refractivity contribution >= 4 is 17.7 Å². The fourth-order valence-electron chi connectivity index (χ4n) is 2.10. The number of ether oxygens (including phenoxy) is 3. The molecule has 0 saturated heterocycles. The Morgan fingerprint density at radius 3 is 2.15 bits per heavy atom. The number of hydrogen-bond donors (Lipinski definition) is 2. The third kappa shape index (κ3) is 5.70. The van der Waals surface area contributed by atoms with E-state index in [-0.39, 0.29) is 6.73 Å². The molecule has 138 valence electrons. The van der Waals surface area contributed by atoms with E-state index in [9.17, 15) is 9.59 Å². The fraction of sp³-hybridized carbons (Fsp3) is 0.263. The van der Waals surface area contributed by atoms with Crippen molar-refractivity contribution in [3.8, 4) is 11.5 Å². The van der Waals surface area contributed by atoms with Crippen molar-refractivity contribution in [1.29, 1.82) is 0 Å². The zero-order valence-electron chi connectivity index (χ0n) is 14.8. The van der Waals surface area contributed by atoms with Crippen LogP contribution in [0.5, 0.6) is 11.5 Å². The van der Waals surface area contributed by atoms with E-state index in [1.54, 1.807) is 43.3 Å². The highest BCUT2D eigenvalue weighted by Gasteiger charge is 2.08. The Bertz CT molecular complexity index is 731. The van der Waals surface area contributed by atoms with Gasteiger partial charge in [0.25, 0.3) is 0 Å². The monoisotopic (exact) mass is 358 g/mol. The molecule has 2 N–H and O–H groups in total. The van der Waals surface area contributed by atoms with Gasteiger partial charge in [0, 0.05) is 5.69 Å². The van der Waals surface area contributed by atoms with E-state index in [0.29, 0.717) is 36.0 Å². The summed E-state index contributed by atoms with van der Waals surface area (Å²) in [6, 6.07) is 13.2. The Labute approximate surface area is 152 Å². The van der Waals surface area contributed by atoms with Crippen molar-refractivity contribution in [3.63, 3.8) is 0 Å². The summed E-state index contributed by atoms with van der Waals surface area (Å²) in [6.07, 6.45) is 0. The Hall–Kier alpha value is -3.22. The van der Waals surface area contributed by atoms with Crippen LogP contribution in [0.1, 0.15) is 24.2 Å². The van der Waals surface area contributed by atoms with Gasteiger partial charge in [-0.15, -0.1) is 0 Å². The van der Waals surface area contributed by atoms with E-state index >= 15 is 0 Å². The number of urea groups is 1. The lowest BCUT2D eigenvalue weighted by molar-refractivity contribution is 0.0526. The van der Waals surface area contributed by atoms with E-state index in [1.165, 1.54) is 0 Å².